The highest BCUT2D eigenvalue weighted by atomic mass is 16.5. The Balaban J connectivity index is 2.12. The van der Waals surface area contributed by atoms with E-state index in [4.69, 9.17) is 9.47 Å². The highest BCUT2D eigenvalue weighted by Crippen LogP contribution is 2.34. The standard InChI is InChI=1S/C17H16N2O2/c1-20-14-8-9-15(17(10-14)21-2)16-11-18-12-19(16)13-6-4-3-5-7-13/h3-12H,1-2H3. The Kier molecular flexibility index (Phi) is 3.60. The lowest BCUT2D eigenvalue weighted by Crippen LogP contribution is -1.97. The fourth-order valence-electron chi connectivity index (χ4n) is 2.30. The van der Waals surface area contributed by atoms with Gasteiger partial charge >= 0.3 is 0 Å². The highest BCUT2D eigenvalue weighted by molar-refractivity contribution is 5.70. The number of aromatic nitrogens is 2. The van der Waals surface area contributed by atoms with E-state index in [1.807, 2.05) is 59.3 Å². The lowest BCUT2D eigenvalue weighted by atomic mass is 10.1. The van der Waals surface area contributed by atoms with Gasteiger partial charge in [-0.2, -0.15) is 0 Å². The van der Waals surface area contributed by atoms with E-state index in [-0.39, 0.29) is 0 Å². The molecule has 0 radical (unpaired) electrons. The summed E-state index contributed by atoms with van der Waals surface area (Å²) in [5.74, 6) is 1.52. The number of hydrogen-bond donors (Lipinski definition) is 0. The van der Waals surface area contributed by atoms with Crippen molar-refractivity contribution < 1.29 is 9.47 Å². The van der Waals surface area contributed by atoms with Crippen LogP contribution in [-0.2, 0) is 0 Å². The minimum atomic E-state index is 0.757. The summed E-state index contributed by atoms with van der Waals surface area (Å²) >= 11 is 0. The lowest BCUT2D eigenvalue weighted by molar-refractivity contribution is 0.395. The minimum absolute atomic E-state index is 0.757. The van der Waals surface area contributed by atoms with Gasteiger partial charge in [0.25, 0.3) is 0 Å². The molecule has 4 nitrogen and oxygen atoms in total. The molecule has 0 saturated carbocycles. The van der Waals surface area contributed by atoms with Crippen LogP contribution in [0.2, 0.25) is 0 Å². The summed E-state index contributed by atoms with van der Waals surface area (Å²) in [6.07, 6.45) is 3.63. The summed E-state index contributed by atoms with van der Waals surface area (Å²) in [4.78, 5) is 4.27. The molecule has 0 spiro atoms. The molecule has 0 aliphatic heterocycles. The lowest BCUT2D eigenvalue weighted by Gasteiger charge is -2.12. The summed E-state index contributed by atoms with van der Waals surface area (Å²) in [5, 5.41) is 0. The van der Waals surface area contributed by atoms with Crippen LogP contribution in [0.4, 0.5) is 0 Å². The second-order valence-corrected chi connectivity index (χ2v) is 4.55. The summed E-state index contributed by atoms with van der Waals surface area (Å²) in [7, 11) is 3.30. The van der Waals surface area contributed by atoms with Crippen molar-refractivity contribution >= 4 is 0 Å². The smallest absolute Gasteiger partial charge is 0.131 e. The van der Waals surface area contributed by atoms with E-state index >= 15 is 0 Å². The molecule has 0 atom stereocenters. The Hall–Kier alpha value is -2.75. The van der Waals surface area contributed by atoms with Crippen LogP contribution in [0, 0.1) is 0 Å². The first kappa shape index (κ1) is 13.2. The third-order valence-electron chi connectivity index (χ3n) is 3.36. The summed E-state index contributed by atoms with van der Waals surface area (Å²) in [6.45, 7) is 0. The van der Waals surface area contributed by atoms with Crippen LogP contribution in [0.25, 0.3) is 16.9 Å². The molecule has 0 saturated heterocycles. The fraction of sp³-hybridized carbons (Fsp3) is 0.118. The predicted octanol–water partition coefficient (Wildman–Crippen LogP) is 3.56. The van der Waals surface area contributed by atoms with Gasteiger partial charge in [0.1, 0.15) is 11.5 Å². The fourth-order valence-corrected chi connectivity index (χ4v) is 2.30. The maximum Gasteiger partial charge on any atom is 0.131 e. The molecule has 0 amide bonds. The van der Waals surface area contributed by atoms with Crippen LogP contribution in [0.1, 0.15) is 0 Å². The average molecular weight is 280 g/mol. The van der Waals surface area contributed by atoms with Crippen LogP contribution in [0.5, 0.6) is 11.5 Å². The monoisotopic (exact) mass is 280 g/mol. The molecule has 0 N–H and O–H groups in total. The van der Waals surface area contributed by atoms with E-state index < -0.39 is 0 Å². The summed E-state index contributed by atoms with van der Waals surface area (Å²) in [5.41, 5.74) is 3.00. The van der Waals surface area contributed by atoms with Gasteiger partial charge < -0.3 is 9.47 Å². The number of para-hydroxylation sites is 1. The molecule has 2 aromatic carbocycles. The maximum atomic E-state index is 5.48. The predicted molar refractivity (Wildman–Crippen MR) is 82.1 cm³/mol. The number of nitrogens with zero attached hydrogens (tertiary/aromatic N) is 2. The first-order chi connectivity index (χ1) is 10.3. The van der Waals surface area contributed by atoms with Crippen molar-refractivity contribution in [1.29, 1.82) is 0 Å². The van der Waals surface area contributed by atoms with E-state index in [0.717, 1.165) is 28.4 Å². The molecule has 0 aliphatic carbocycles. The van der Waals surface area contributed by atoms with Crippen LogP contribution < -0.4 is 9.47 Å². The van der Waals surface area contributed by atoms with Crippen molar-refractivity contribution in [2.75, 3.05) is 14.2 Å². The normalized spacial score (nSPS) is 10.4. The quantitative estimate of drug-likeness (QED) is 0.733. The molecule has 0 fully saturated rings. The molecule has 0 unspecified atom stereocenters. The Morgan fingerprint density at radius 3 is 2.48 bits per heavy atom. The first-order valence-electron chi connectivity index (χ1n) is 6.63. The second-order valence-electron chi connectivity index (χ2n) is 4.55. The van der Waals surface area contributed by atoms with Gasteiger partial charge in [0.15, 0.2) is 0 Å². The molecule has 0 aliphatic rings. The number of ether oxygens (including phenoxy) is 2. The van der Waals surface area contributed by atoms with E-state index in [1.54, 1.807) is 20.5 Å². The van der Waals surface area contributed by atoms with Gasteiger partial charge in [-0.1, -0.05) is 18.2 Å². The number of benzene rings is 2. The van der Waals surface area contributed by atoms with Crippen molar-refractivity contribution in [3.05, 3.63) is 61.1 Å². The number of methoxy groups -OCH3 is 2. The van der Waals surface area contributed by atoms with Crippen LogP contribution in [0.15, 0.2) is 61.1 Å². The van der Waals surface area contributed by atoms with Crippen molar-refractivity contribution in [3.63, 3.8) is 0 Å². The van der Waals surface area contributed by atoms with E-state index in [9.17, 15) is 0 Å². The zero-order valence-corrected chi connectivity index (χ0v) is 12.0. The number of hydrogen-bond acceptors (Lipinski definition) is 3. The molecule has 106 valence electrons. The highest BCUT2D eigenvalue weighted by Gasteiger charge is 2.12. The molecule has 1 aromatic heterocycles. The van der Waals surface area contributed by atoms with Gasteiger partial charge in [-0.05, 0) is 24.3 Å². The van der Waals surface area contributed by atoms with Crippen molar-refractivity contribution in [1.82, 2.24) is 9.55 Å². The van der Waals surface area contributed by atoms with E-state index in [1.165, 1.54) is 0 Å². The molecule has 3 aromatic rings. The first-order valence-corrected chi connectivity index (χ1v) is 6.63. The van der Waals surface area contributed by atoms with Crippen LogP contribution >= 0.6 is 0 Å². The van der Waals surface area contributed by atoms with Gasteiger partial charge in [-0.25, -0.2) is 4.98 Å². The van der Waals surface area contributed by atoms with Gasteiger partial charge in [-0.15, -0.1) is 0 Å². The number of imidazole rings is 1. The molecular weight excluding hydrogens is 264 g/mol. The Bertz CT molecular complexity index is 736. The Morgan fingerprint density at radius 1 is 0.952 bits per heavy atom. The third kappa shape index (κ3) is 2.48. The topological polar surface area (TPSA) is 36.3 Å². The minimum Gasteiger partial charge on any atom is -0.497 e. The van der Waals surface area contributed by atoms with Crippen LogP contribution in [-0.4, -0.2) is 23.8 Å². The largest absolute Gasteiger partial charge is 0.497 e. The SMILES string of the molecule is COc1ccc(-c2cncn2-c2ccccc2)c(OC)c1. The van der Waals surface area contributed by atoms with Gasteiger partial charge in [0, 0.05) is 17.3 Å². The van der Waals surface area contributed by atoms with Gasteiger partial charge in [0.2, 0.25) is 0 Å². The Labute approximate surface area is 123 Å². The molecule has 1 heterocycles. The molecular formula is C17H16N2O2. The van der Waals surface area contributed by atoms with Gasteiger partial charge in [0.05, 0.1) is 32.4 Å². The van der Waals surface area contributed by atoms with E-state index in [0.29, 0.717) is 0 Å². The summed E-state index contributed by atoms with van der Waals surface area (Å²) in [6, 6.07) is 15.9. The zero-order valence-electron chi connectivity index (χ0n) is 12.0. The summed E-state index contributed by atoms with van der Waals surface area (Å²) < 4.78 is 12.8. The van der Waals surface area contributed by atoms with Gasteiger partial charge in [-0.3, -0.25) is 4.57 Å². The van der Waals surface area contributed by atoms with Crippen molar-refractivity contribution in [2.45, 2.75) is 0 Å². The molecule has 4 heteroatoms. The molecule has 0 bridgehead atoms. The average Bonchev–Trinajstić information content (AvgIpc) is 3.04. The van der Waals surface area contributed by atoms with E-state index in [2.05, 4.69) is 4.98 Å². The van der Waals surface area contributed by atoms with Crippen LogP contribution in [0.3, 0.4) is 0 Å². The molecule has 3 rings (SSSR count). The second kappa shape index (κ2) is 5.71. The van der Waals surface area contributed by atoms with Crippen molar-refractivity contribution in [2.24, 2.45) is 0 Å². The Morgan fingerprint density at radius 2 is 1.76 bits per heavy atom. The third-order valence-corrected chi connectivity index (χ3v) is 3.36. The van der Waals surface area contributed by atoms with Crippen molar-refractivity contribution in [3.8, 4) is 28.4 Å². The zero-order chi connectivity index (χ0) is 14.7. The maximum absolute atomic E-state index is 5.48. The molecule has 21 heavy (non-hydrogen) atoms. The number of rotatable bonds is 4.